The van der Waals surface area contributed by atoms with Crippen LogP contribution in [-0.4, -0.2) is 28.3 Å². The molecule has 2 aromatic heterocycles. The number of methoxy groups -OCH3 is 1. The number of fused-ring (bicyclic) bond motifs is 1. The Hall–Kier alpha value is -4.24. The Balaban J connectivity index is 1.67. The molecule has 1 atom stereocenters. The van der Waals surface area contributed by atoms with Gasteiger partial charge in [0.1, 0.15) is 11.6 Å². The number of hydrogen-bond donors (Lipinski definition) is 0. The van der Waals surface area contributed by atoms with Gasteiger partial charge in [0.2, 0.25) is 0 Å². The first-order valence-corrected chi connectivity index (χ1v) is 13.7. The minimum absolute atomic E-state index is 0.251. The molecule has 206 valence electrons. The first-order valence-electron chi connectivity index (χ1n) is 12.9. The minimum atomic E-state index is -0.706. The Kier molecular flexibility index (Phi) is 7.33. The van der Waals surface area contributed by atoms with E-state index in [9.17, 15) is 14.0 Å². The number of nitrogens with zero attached hydrogens (tertiary/aromatic N) is 3. The molecule has 9 heteroatoms. The topological polar surface area (TPSA) is 74.8 Å². The van der Waals surface area contributed by atoms with Crippen LogP contribution in [0.15, 0.2) is 75.7 Å². The summed E-state index contributed by atoms with van der Waals surface area (Å²) in [5.74, 6) is -0.139. The molecule has 0 bridgehead atoms. The van der Waals surface area contributed by atoms with Gasteiger partial charge in [-0.2, -0.15) is 0 Å². The standard InChI is InChI=1S/C31H30FN3O4S/c1-17(2)39-30(37)27-19(4)33-31-35(28(27)21-7-13-25(38-6)14-8-21)29(36)26(40-31)16-22-15-18(3)34(20(22)5)24-11-9-23(32)10-12-24/h7-17,28H,1-6H3/b26-16+. The van der Waals surface area contributed by atoms with E-state index in [0.717, 1.165) is 28.2 Å². The van der Waals surface area contributed by atoms with Gasteiger partial charge in [0, 0.05) is 17.1 Å². The average Bonchev–Trinajstić information content (AvgIpc) is 3.37. The van der Waals surface area contributed by atoms with Crippen molar-refractivity contribution < 1.29 is 18.7 Å². The number of allylic oxidation sites excluding steroid dienone is 1. The summed E-state index contributed by atoms with van der Waals surface area (Å²) in [4.78, 5) is 32.4. The van der Waals surface area contributed by atoms with Crippen molar-refractivity contribution in [2.75, 3.05) is 7.11 Å². The van der Waals surface area contributed by atoms with Crippen molar-refractivity contribution in [3.8, 4) is 11.4 Å². The predicted molar refractivity (Wildman–Crippen MR) is 153 cm³/mol. The zero-order valence-electron chi connectivity index (χ0n) is 23.2. The fourth-order valence-corrected chi connectivity index (χ4v) is 6.06. The highest BCUT2D eigenvalue weighted by Crippen LogP contribution is 2.32. The number of rotatable bonds is 6. The molecule has 0 aliphatic carbocycles. The van der Waals surface area contributed by atoms with Gasteiger partial charge in [-0.1, -0.05) is 23.5 Å². The van der Waals surface area contributed by atoms with E-state index in [2.05, 4.69) is 4.99 Å². The quantitative estimate of drug-likeness (QED) is 0.320. The van der Waals surface area contributed by atoms with Crippen LogP contribution in [0.3, 0.4) is 0 Å². The number of ether oxygens (including phenoxy) is 2. The minimum Gasteiger partial charge on any atom is -0.497 e. The summed E-state index contributed by atoms with van der Waals surface area (Å²) in [6.07, 6.45) is 1.52. The lowest BCUT2D eigenvalue weighted by Gasteiger charge is -2.25. The molecule has 0 saturated heterocycles. The SMILES string of the molecule is COc1ccc(C2C(C(=O)OC(C)C)=C(C)N=c3s/c(=C/c4cc(C)n(-c5ccc(F)cc5)c4C)c(=O)n32)cc1. The van der Waals surface area contributed by atoms with E-state index in [-0.39, 0.29) is 17.5 Å². The van der Waals surface area contributed by atoms with Gasteiger partial charge in [-0.15, -0.1) is 0 Å². The molecule has 40 heavy (non-hydrogen) atoms. The maximum atomic E-state index is 14.0. The summed E-state index contributed by atoms with van der Waals surface area (Å²) in [5, 5.41) is 0. The number of thiazole rings is 1. The van der Waals surface area contributed by atoms with Crippen LogP contribution in [0.2, 0.25) is 0 Å². The van der Waals surface area contributed by atoms with Crippen molar-refractivity contribution in [3.63, 3.8) is 0 Å². The van der Waals surface area contributed by atoms with Gasteiger partial charge in [-0.25, -0.2) is 14.2 Å². The average molecular weight is 560 g/mol. The number of esters is 1. The fraction of sp³-hybridized carbons (Fsp3) is 0.258. The van der Waals surface area contributed by atoms with Gasteiger partial charge < -0.3 is 14.0 Å². The van der Waals surface area contributed by atoms with E-state index in [0.29, 0.717) is 26.4 Å². The fourth-order valence-electron chi connectivity index (χ4n) is 5.02. The molecule has 7 nitrogen and oxygen atoms in total. The van der Waals surface area contributed by atoms with Crippen molar-refractivity contribution in [1.82, 2.24) is 9.13 Å². The molecule has 0 N–H and O–H groups in total. The predicted octanol–water partition coefficient (Wildman–Crippen LogP) is 4.74. The van der Waals surface area contributed by atoms with Crippen LogP contribution in [0.5, 0.6) is 5.75 Å². The molecule has 0 radical (unpaired) electrons. The molecule has 3 heterocycles. The summed E-state index contributed by atoms with van der Waals surface area (Å²) < 4.78 is 28.5. The molecule has 1 unspecified atom stereocenters. The van der Waals surface area contributed by atoms with Crippen LogP contribution in [0.4, 0.5) is 4.39 Å². The highest BCUT2D eigenvalue weighted by atomic mass is 32.1. The van der Waals surface area contributed by atoms with E-state index < -0.39 is 12.0 Å². The van der Waals surface area contributed by atoms with Gasteiger partial charge in [-0.3, -0.25) is 9.36 Å². The summed E-state index contributed by atoms with van der Waals surface area (Å²) in [7, 11) is 1.58. The number of benzene rings is 2. The smallest absolute Gasteiger partial charge is 0.338 e. The van der Waals surface area contributed by atoms with Gasteiger partial charge in [0.15, 0.2) is 4.80 Å². The number of aryl methyl sites for hydroxylation is 1. The van der Waals surface area contributed by atoms with Gasteiger partial charge in [-0.05, 0) is 94.3 Å². The number of carbonyl (C=O) groups is 1. The second-order valence-electron chi connectivity index (χ2n) is 9.95. The molecule has 0 spiro atoms. The second-order valence-corrected chi connectivity index (χ2v) is 11.0. The number of aromatic nitrogens is 2. The molecule has 0 saturated carbocycles. The Bertz CT molecular complexity index is 1810. The van der Waals surface area contributed by atoms with Crippen LogP contribution in [-0.2, 0) is 9.53 Å². The van der Waals surface area contributed by atoms with Gasteiger partial charge in [0.05, 0.1) is 35.1 Å². The first kappa shape index (κ1) is 27.3. The maximum absolute atomic E-state index is 14.0. The summed E-state index contributed by atoms with van der Waals surface area (Å²) in [6.45, 7) is 9.26. The third-order valence-corrected chi connectivity index (χ3v) is 7.84. The van der Waals surface area contributed by atoms with Crippen molar-refractivity contribution in [2.24, 2.45) is 4.99 Å². The largest absolute Gasteiger partial charge is 0.497 e. The number of hydrogen-bond acceptors (Lipinski definition) is 6. The van der Waals surface area contributed by atoms with Crippen molar-refractivity contribution in [3.05, 3.63) is 114 Å². The van der Waals surface area contributed by atoms with E-state index in [4.69, 9.17) is 9.47 Å². The van der Waals surface area contributed by atoms with Crippen molar-refractivity contribution >= 4 is 23.4 Å². The number of carbonyl (C=O) groups excluding carboxylic acids is 1. The van der Waals surface area contributed by atoms with E-state index in [1.54, 1.807) is 56.7 Å². The maximum Gasteiger partial charge on any atom is 0.338 e. The first-order chi connectivity index (χ1) is 19.1. The molecule has 1 aliphatic rings. The van der Waals surface area contributed by atoms with Crippen LogP contribution < -0.4 is 19.6 Å². The normalized spacial score (nSPS) is 15.3. The molecular weight excluding hydrogens is 529 g/mol. The highest BCUT2D eigenvalue weighted by Gasteiger charge is 2.33. The summed E-state index contributed by atoms with van der Waals surface area (Å²) in [6, 6.07) is 14.9. The Morgan fingerprint density at radius 3 is 2.38 bits per heavy atom. The zero-order chi connectivity index (χ0) is 28.7. The van der Waals surface area contributed by atoms with Crippen LogP contribution in [0, 0.1) is 19.7 Å². The second kappa shape index (κ2) is 10.7. The summed E-state index contributed by atoms with van der Waals surface area (Å²) >= 11 is 1.27. The van der Waals surface area contributed by atoms with Crippen LogP contribution in [0.1, 0.15) is 49.3 Å². The lowest BCUT2D eigenvalue weighted by atomic mass is 9.96. The number of halogens is 1. The Morgan fingerprint density at radius 1 is 1.07 bits per heavy atom. The molecule has 0 amide bonds. The third-order valence-electron chi connectivity index (χ3n) is 6.86. The lowest BCUT2D eigenvalue weighted by Crippen LogP contribution is -2.40. The molecule has 5 rings (SSSR count). The monoisotopic (exact) mass is 559 g/mol. The molecule has 4 aromatic rings. The highest BCUT2D eigenvalue weighted by molar-refractivity contribution is 7.07. The van der Waals surface area contributed by atoms with Crippen molar-refractivity contribution in [1.29, 1.82) is 0 Å². The van der Waals surface area contributed by atoms with E-state index >= 15 is 0 Å². The summed E-state index contributed by atoms with van der Waals surface area (Å²) in [5.41, 5.74) is 4.89. The molecule has 2 aromatic carbocycles. The molecular formula is C31H30FN3O4S. The van der Waals surface area contributed by atoms with Crippen LogP contribution in [0.25, 0.3) is 11.8 Å². The Labute approximate surface area is 235 Å². The van der Waals surface area contributed by atoms with Gasteiger partial charge in [0.25, 0.3) is 5.56 Å². The van der Waals surface area contributed by atoms with E-state index in [1.807, 2.05) is 42.7 Å². The van der Waals surface area contributed by atoms with Crippen molar-refractivity contribution in [2.45, 2.75) is 46.8 Å². The third kappa shape index (κ3) is 4.93. The van der Waals surface area contributed by atoms with Gasteiger partial charge >= 0.3 is 5.97 Å². The molecule has 1 aliphatic heterocycles. The lowest BCUT2D eigenvalue weighted by molar-refractivity contribution is -0.143. The van der Waals surface area contributed by atoms with E-state index in [1.165, 1.54) is 23.5 Å². The zero-order valence-corrected chi connectivity index (χ0v) is 24.0. The Morgan fingerprint density at radius 2 is 1.75 bits per heavy atom. The molecule has 0 fully saturated rings. The van der Waals surface area contributed by atoms with Crippen LogP contribution >= 0.6 is 11.3 Å².